The molecule has 1 aliphatic rings. The zero-order chi connectivity index (χ0) is 16.8. The van der Waals surface area contributed by atoms with Gasteiger partial charge >= 0.3 is 0 Å². The van der Waals surface area contributed by atoms with Gasteiger partial charge < -0.3 is 15.1 Å². The highest BCUT2D eigenvalue weighted by Gasteiger charge is 2.21. The van der Waals surface area contributed by atoms with Crippen molar-refractivity contribution < 1.29 is 4.79 Å². The van der Waals surface area contributed by atoms with Crippen LogP contribution in [0.1, 0.15) is 18.5 Å². The number of pyridine rings is 1. The van der Waals surface area contributed by atoms with E-state index in [9.17, 15) is 4.79 Å². The van der Waals surface area contributed by atoms with Gasteiger partial charge in [-0.25, -0.2) is 4.98 Å². The summed E-state index contributed by atoms with van der Waals surface area (Å²) >= 11 is 0. The molecule has 0 bridgehead atoms. The Morgan fingerprint density at radius 2 is 1.79 bits per heavy atom. The van der Waals surface area contributed by atoms with Gasteiger partial charge in [0, 0.05) is 38.4 Å². The third-order valence-electron chi connectivity index (χ3n) is 4.46. The van der Waals surface area contributed by atoms with Crippen LogP contribution in [0.15, 0.2) is 54.7 Å². The van der Waals surface area contributed by atoms with Crippen LogP contribution in [0.4, 0.5) is 5.82 Å². The maximum atomic E-state index is 12.4. The second-order valence-corrected chi connectivity index (χ2v) is 6.07. The molecule has 2 aromatic rings. The van der Waals surface area contributed by atoms with Crippen molar-refractivity contribution in [3.05, 3.63) is 60.3 Å². The van der Waals surface area contributed by atoms with Crippen LogP contribution in [-0.4, -0.2) is 48.5 Å². The van der Waals surface area contributed by atoms with E-state index in [1.807, 2.05) is 47.5 Å². The molecule has 0 saturated carbocycles. The van der Waals surface area contributed by atoms with Crippen molar-refractivity contribution in [1.29, 1.82) is 0 Å². The molecule has 1 N–H and O–H groups in total. The SMILES string of the molecule is C[C@@H](NCC(=O)N1CCN(c2ccccn2)CC1)c1ccccc1. The van der Waals surface area contributed by atoms with Gasteiger partial charge in [-0.1, -0.05) is 36.4 Å². The standard InChI is InChI=1S/C19H24N4O/c1-16(17-7-3-2-4-8-17)21-15-19(24)23-13-11-22(12-14-23)18-9-5-6-10-20-18/h2-10,16,21H,11-15H2,1H3/t16-/m1/s1. The second kappa shape index (κ2) is 7.93. The van der Waals surface area contributed by atoms with E-state index in [1.54, 1.807) is 0 Å². The molecule has 1 amide bonds. The molecule has 1 aromatic heterocycles. The van der Waals surface area contributed by atoms with E-state index in [-0.39, 0.29) is 11.9 Å². The molecule has 2 heterocycles. The number of piperazine rings is 1. The monoisotopic (exact) mass is 324 g/mol. The van der Waals surface area contributed by atoms with Crippen molar-refractivity contribution in [3.8, 4) is 0 Å². The van der Waals surface area contributed by atoms with Gasteiger partial charge in [0.15, 0.2) is 0 Å². The molecule has 3 rings (SSSR count). The number of aromatic nitrogens is 1. The van der Waals surface area contributed by atoms with Crippen molar-refractivity contribution in [1.82, 2.24) is 15.2 Å². The zero-order valence-electron chi connectivity index (χ0n) is 14.1. The van der Waals surface area contributed by atoms with E-state index in [0.717, 1.165) is 32.0 Å². The van der Waals surface area contributed by atoms with Crippen molar-refractivity contribution >= 4 is 11.7 Å². The molecule has 0 unspecified atom stereocenters. The van der Waals surface area contributed by atoms with Crippen LogP contribution < -0.4 is 10.2 Å². The number of rotatable bonds is 5. The van der Waals surface area contributed by atoms with E-state index < -0.39 is 0 Å². The second-order valence-electron chi connectivity index (χ2n) is 6.07. The van der Waals surface area contributed by atoms with Crippen LogP contribution in [0.25, 0.3) is 0 Å². The molecular weight excluding hydrogens is 300 g/mol. The minimum absolute atomic E-state index is 0.165. The summed E-state index contributed by atoms with van der Waals surface area (Å²) in [4.78, 5) is 20.9. The summed E-state index contributed by atoms with van der Waals surface area (Å²) in [5, 5.41) is 3.32. The minimum atomic E-state index is 0.165. The quantitative estimate of drug-likeness (QED) is 0.915. The van der Waals surface area contributed by atoms with Gasteiger partial charge in [0.05, 0.1) is 6.54 Å². The predicted molar refractivity (Wildman–Crippen MR) is 95.9 cm³/mol. The third-order valence-corrected chi connectivity index (χ3v) is 4.46. The third kappa shape index (κ3) is 4.11. The molecule has 1 aromatic carbocycles. The van der Waals surface area contributed by atoms with Crippen molar-refractivity contribution in [2.45, 2.75) is 13.0 Å². The van der Waals surface area contributed by atoms with E-state index in [4.69, 9.17) is 0 Å². The van der Waals surface area contributed by atoms with Crippen LogP contribution >= 0.6 is 0 Å². The number of carbonyl (C=O) groups is 1. The first-order valence-electron chi connectivity index (χ1n) is 8.46. The number of carbonyl (C=O) groups excluding carboxylic acids is 1. The average molecular weight is 324 g/mol. The van der Waals surface area contributed by atoms with Gasteiger partial charge in [0.25, 0.3) is 0 Å². The van der Waals surface area contributed by atoms with Crippen LogP contribution in [0.2, 0.25) is 0 Å². The van der Waals surface area contributed by atoms with Gasteiger partial charge in [0.2, 0.25) is 5.91 Å². The summed E-state index contributed by atoms with van der Waals surface area (Å²) < 4.78 is 0. The molecule has 0 aliphatic carbocycles. The Hall–Kier alpha value is -2.40. The predicted octanol–water partition coefficient (Wildman–Crippen LogP) is 2.08. The lowest BCUT2D eigenvalue weighted by Crippen LogP contribution is -2.51. The van der Waals surface area contributed by atoms with Crippen molar-refractivity contribution in [2.75, 3.05) is 37.6 Å². The summed E-state index contributed by atoms with van der Waals surface area (Å²) in [5.74, 6) is 1.15. The molecular formula is C19H24N4O. The van der Waals surface area contributed by atoms with Gasteiger partial charge in [-0.15, -0.1) is 0 Å². The van der Waals surface area contributed by atoms with Crippen molar-refractivity contribution in [3.63, 3.8) is 0 Å². The van der Waals surface area contributed by atoms with Crippen LogP contribution in [0.3, 0.4) is 0 Å². The fourth-order valence-electron chi connectivity index (χ4n) is 2.94. The number of benzene rings is 1. The normalized spacial score (nSPS) is 16.0. The Bertz CT molecular complexity index is 639. The fourth-order valence-corrected chi connectivity index (χ4v) is 2.94. The average Bonchev–Trinajstić information content (AvgIpc) is 2.67. The molecule has 1 atom stereocenters. The van der Waals surface area contributed by atoms with Crippen LogP contribution in [-0.2, 0) is 4.79 Å². The molecule has 1 aliphatic heterocycles. The minimum Gasteiger partial charge on any atom is -0.353 e. The lowest BCUT2D eigenvalue weighted by atomic mass is 10.1. The number of anilines is 1. The zero-order valence-corrected chi connectivity index (χ0v) is 14.1. The molecule has 24 heavy (non-hydrogen) atoms. The molecule has 126 valence electrons. The highest BCUT2D eigenvalue weighted by molar-refractivity contribution is 5.78. The number of nitrogens with one attached hydrogen (secondary N) is 1. The maximum Gasteiger partial charge on any atom is 0.236 e. The first-order valence-corrected chi connectivity index (χ1v) is 8.46. The molecule has 0 radical (unpaired) electrons. The van der Waals surface area contributed by atoms with Crippen LogP contribution in [0, 0.1) is 0 Å². The Kier molecular flexibility index (Phi) is 5.43. The first kappa shape index (κ1) is 16.5. The van der Waals surface area contributed by atoms with Crippen LogP contribution in [0.5, 0.6) is 0 Å². The van der Waals surface area contributed by atoms with E-state index in [1.165, 1.54) is 5.56 Å². The number of amides is 1. The fraction of sp³-hybridized carbons (Fsp3) is 0.368. The molecule has 1 saturated heterocycles. The summed E-state index contributed by atoms with van der Waals surface area (Å²) in [6.45, 7) is 5.61. The summed E-state index contributed by atoms with van der Waals surface area (Å²) in [7, 11) is 0. The van der Waals surface area contributed by atoms with Gasteiger partial charge in [-0.05, 0) is 24.6 Å². The smallest absolute Gasteiger partial charge is 0.236 e. The molecule has 5 heteroatoms. The van der Waals surface area contributed by atoms with E-state index in [0.29, 0.717) is 6.54 Å². The van der Waals surface area contributed by atoms with E-state index in [2.05, 4.69) is 34.3 Å². The summed E-state index contributed by atoms with van der Waals surface area (Å²) in [6, 6.07) is 16.3. The first-order chi connectivity index (χ1) is 11.7. The lowest BCUT2D eigenvalue weighted by molar-refractivity contribution is -0.130. The lowest BCUT2D eigenvalue weighted by Gasteiger charge is -2.35. The number of nitrogens with zero attached hydrogens (tertiary/aromatic N) is 3. The highest BCUT2D eigenvalue weighted by Crippen LogP contribution is 2.13. The van der Waals surface area contributed by atoms with Gasteiger partial charge in [-0.3, -0.25) is 4.79 Å². The number of hydrogen-bond acceptors (Lipinski definition) is 4. The molecule has 0 spiro atoms. The van der Waals surface area contributed by atoms with Crippen molar-refractivity contribution in [2.24, 2.45) is 0 Å². The Labute approximate surface area is 143 Å². The molecule has 5 nitrogen and oxygen atoms in total. The largest absolute Gasteiger partial charge is 0.353 e. The molecule has 1 fully saturated rings. The Morgan fingerprint density at radius 1 is 1.08 bits per heavy atom. The Morgan fingerprint density at radius 3 is 2.46 bits per heavy atom. The highest BCUT2D eigenvalue weighted by atomic mass is 16.2. The summed E-state index contributed by atoms with van der Waals surface area (Å²) in [6.07, 6.45) is 1.81. The maximum absolute atomic E-state index is 12.4. The van der Waals surface area contributed by atoms with Gasteiger partial charge in [0.1, 0.15) is 5.82 Å². The Balaban J connectivity index is 1.45. The topological polar surface area (TPSA) is 48.5 Å². The van der Waals surface area contributed by atoms with Gasteiger partial charge in [-0.2, -0.15) is 0 Å². The van der Waals surface area contributed by atoms with E-state index >= 15 is 0 Å². The number of hydrogen-bond donors (Lipinski definition) is 1. The summed E-state index contributed by atoms with van der Waals surface area (Å²) in [5.41, 5.74) is 1.20.